The van der Waals surface area contributed by atoms with E-state index in [0.29, 0.717) is 11.1 Å². The molecule has 0 spiro atoms. The number of alkyl halides is 6. The lowest BCUT2D eigenvalue weighted by atomic mass is 10.1. The quantitative estimate of drug-likeness (QED) is 0.524. The summed E-state index contributed by atoms with van der Waals surface area (Å²) < 4.78 is 80.7. The number of hydrogen-bond donors (Lipinski definition) is 0. The Morgan fingerprint density at radius 3 is 2.19 bits per heavy atom. The Labute approximate surface area is 144 Å². The standard InChI is InChI=1S/C16H13F6N3O/c1-9(11-4-6-12(7-5-11)26-16(20,21)22)8-25-13(15(17,18)19)10(2)24-14(25)23-3/h4-8H,3H2,1-2H3/b9-8+. The van der Waals surface area contributed by atoms with E-state index in [4.69, 9.17) is 0 Å². The average molecular weight is 377 g/mol. The lowest BCUT2D eigenvalue weighted by molar-refractivity contribution is -0.274. The van der Waals surface area contributed by atoms with Crippen LogP contribution in [-0.2, 0) is 6.18 Å². The average Bonchev–Trinajstić information content (AvgIpc) is 2.81. The van der Waals surface area contributed by atoms with E-state index in [9.17, 15) is 26.3 Å². The van der Waals surface area contributed by atoms with Crippen LogP contribution in [-0.4, -0.2) is 22.6 Å². The Kier molecular flexibility index (Phi) is 5.15. The Morgan fingerprint density at radius 1 is 1.15 bits per heavy atom. The molecule has 0 aliphatic heterocycles. The van der Waals surface area contributed by atoms with E-state index >= 15 is 0 Å². The van der Waals surface area contributed by atoms with Crippen molar-refractivity contribution in [2.75, 3.05) is 0 Å². The minimum atomic E-state index is -4.83. The van der Waals surface area contributed by atoms with E-state index in [0.717, 1.165) is 22.9 Å². The lowest BCUT2D eigenvalue weighted by Gasteiger charge is -2.12. The van der Waals surface area contributed by atoms with Crippen LogP contribution >= 0.6 is 0 Å². The molecule has 1 heterocycles. The van der Waals surface area contributed by atoms with Gasteiger partial charge in [0.05, 0.1) is 5.69 Å². The number of aliphatic imine (C=N–C) groups is 1. The van der Waals surface area contributed by atoms with Gasteiger partial charge in [0.25, 0.3) is 0 Å². The van der Waals surface area contributed by atoms with Crippen LogP contribution in [0.4, 0.5) is 32.3 Å². The van der Waals surface area contributed by atoms with Crippen LogP contribution in [0.15, 0.2) is 29.3 Å². The summed E-state index contributed by atoms with van der Waals surface area (Å²) in [7, 11) is 0. The molecule has 0 fully saturated rings. The molecule has 0 N–H and O–H groups in total. The van der Waals surface area contributed by atoms with Crippen LogP contribution in [0.5, 0.6) is 5.75 Å². The molecule has 0 radical (unpaired) electrons. The Balaban J connectivity index is 2.43. The highest BCUT2D eigenvalue weighted by atomic mass is 19.4. The van der Waals surface area contributed by atoms with E-state index in [-0.39, 0.29) is 11.6 Å². The fourth-order valence-corrected chi connectivity index (χ4v) is 2.29. The van der Waals surface area contributed by atoms with Crippen LogP contribution in [0.25, 0.3) is 11.8 Å². The number of imidazole rings is 1. The largest absolute Gasteiger partial charge is 0.573 e. The number of aryl methyl sites for hydroxylation is 1. The first kappa shape index (κ1) is 19.5. The molecule has 0 aliphatic rings. The second-order valence-electron chi connectivity index (χ2n) is 5.26. The number of rotatable bonds is 4. The summed E-state index contributed by atoms with van der Waals surface area (Å²) in [5, 5.41) is 0. The third-order valence-corrected chi connectivity index (χ3v) is 3.34. The summed E-state index contributed by atoms with van der Waals surface area (Å²) >= 11 is 0. The Hall–Kier alpha value is -2.78. The summed E-state index contributed by atoms with van der Waals surface area (Å²) in [6.07, 6.45) is -8.35. The first-order valence-corrected chi connectivity index (χ1v) is 7.09. The lowest BCUT2D eigenvalue weighted by Crippen LogP contribution is -2.17. The monoisotopic (exact) mass is 377 g/mol. The highest BCUT2D eigenvalue weighted by Crippen LogP contribution is 2.35. The molecule has 0 saturated heterocycles. The van der Waals surface area contributed by atoms with Crippen molar-refractivity contribution in [3.8, 4) is 5.75 Å². The zero-order valence-electron chi connectivity index (χ0n) is 13.6. The molecule has 2 aromatic rings. The van der Waals surface area contributed by atoms with Crippen LogP contribution in [0.2, 0.25) is 0 Å². The highest BCUT2D eigenvalue weighted by Gasteiger charge is 2.38. The van der Waals surface area contributed by atoms with Gasteiger partial charge >= 0.3 is 12.5 Å². The van der Waals surface area contributed by atoms with Gasteiger partial charge in [-0.3, -0.25) is 4.57 Å². The maximum absolute atomic E-state index is 13.2. The van der Waals surface area contributed by atoms with E-state index in [1.54, 1.807) is 0 Å². The summed E-state index contributed by atoms with van der Waals surface area (Å²) in [5.41, 5.74) is -0.528. The number of benzene rings is 1. The molecule has 1 aromatic heterocycles. The van der Waals surface area contributed by atoms with Gasteiger partial charge in [-0.25, -0.2) is 9.98 Å². The van der Waals surface area contributed by atoms with Gasteiger partial charge in [-0.05, 0) is 43.8 Å². The minimum absolute atomic E-state index is 0.244. The molecule has 10 heteroatoms. The first-order valence-electron chi connectivity index (χ1n) is 7.09. The molecule has 1 aromatic carbocycles. The Morgan fingerprint density at radius 2 is 1.73 bits per heavy atom. The van der Waals surface area contributed by atoms with Crippen molar-refractivity contribution in [2.24, 2.45) is 4.99 Å². The van der Waals surface area contributed by atoms with Gasteiger partial charge in [-0.2, -0.15) is 13.2 Å². The second kappa shape index (κ2) is 6.85. The summed E-state index contributed by atoms with van der Waals surface area (Å²) in [5.74, 6) is -0.678. The first-order chi connectivity index (χ1) is 11.9. The molecule has 140 valence electrons. The maximum atomic E-state index is 13.2. The number of hydrogen-bond acceptors (Lipinski definition) is 3. The second-order valence-corrected chi connectivity index (χ2v) is 5.26. The smallest absolute Gasteiger partial charge is 0.406 e. The molecule has 0 atom stereocenters. The molecule has 2 rings (SSSR count). The highest BCUT2D eigenvalue weighted by molar-refractivity contribution is 5.75. The number of allylic oxidation sites excluding steroid dienone is 1. The molecule has 0 unspecified atom stereocenters. The van der Waals surface area contributed by atoms with Crippen molar-refractivity contribution in [3.05, 3.63) is 41.2 Å². The van der Waals surface area contributed by atoms with Gasteiger partial charge in [0.1, 0.15) is 5.75 Å². The summed E-state index contributed by atoms with van der Waals surface area (Å²) in [4.78, 5) is 7.20. The minimum Gasteiger partial charge on any atom is -0.406 e. The number of ether oxygens (including phenoxy) is 1. The molecular weight excluding hydrogens is 364 g/mol. The van der Waals surface area contributed by atoms with Crippen molar-refractivity contribution in [1.29, 1.82) is 0 Å². The Bertz CT molecular complexity index is 831. The van der Waals surface area contributed by atoms with E-state index in [1.807, 2.05) is 0 Å². The molecule has 0 saturated carbocycles. The number of nitrogens with zero attached hydrogens (tertiary/aromatic N) is 3. The van der Waals surface area contributed by atoms with Crippen molar-refractivity contribution in [2.45, 2.75) is 26.4 Å². The van der Waals surface area contributed by atoms with E-state index in [2.05, 4.69) is 21.4 Å². The van der Waals surface area contributed by atoms with Gasteiger partial charge in [-0.1, -0.05) is 12.1 Å². The number of aromatic nitrogens is 2. The normalized spacial score (nSPS) is 13.0. The summed E-state index contributed by atoms with van der Waals surface area (Å²) in [6, 6.07) is 4.73. The third kappa shape index (κ3) is 4.44. The van der Waals surface area contributed by atoms with Crippen LogP contribution in [0, 0.1) is 6.92 Å². The predicted molar refractivity (Wildman–Crippen MR) is 84.1 cm³/mol. The predicted octanol–water partition coefficient (Wildman–Crippen LogP) is 5.46. The summed E-state index contributed by atoms with van der Waals surface area (Å²) in [6.45, 7) is 5.90. The zero-order chi connectivity index (χ0) is 19.7. The van der Waals surface area contributed by atoms with Crippen molar-refractivity contribution >= 4 is 24.4 Å². The van der Waals surface area contributed by atoms with Crippen molar-refractivity contribution in [1.82, 2.24) is 9.55 Å². The topological polar surface area (TPSA) is 39.4 Å². The zero-order valence-corrected chi connectivity index (χ0v) is 13.6. The molecule has 0 bridgehead atoms. The van der Waals surface area contributed by atoms with E-state index in [1.165, 1.54) is 26.0 Å². The van der Waals surface area contributed by atoms with E-state index < -0.39 is 24.0 Å². The van der Waals surface area contributed by atoms with Gasteiger partial charge in [0, 0.05) is 6.20 Å². The fraction of sp³-hybridized carbons (Fsp3) is 0.250. The fourth-order valence-electron chi connectivity index (χ4n) is 2.29. The molecule has 4 nitrogen and oxygen atoms in total. The van der Waals surface area contributed by atoms with Crippen LogP contribution in [0.1, 0.15) is 23.9 Å². The van der Waals surface area contributed by atoms with Crippen molar-refractivity contribution in [3.63, 3.8) is 0 Å². The molecule has 0 aliphatic carbocycles. The van der Waals surface area contributed by atoms with Gasteiger partial charge in [-0.15, -0.1) is 13.2 Å². The van der Waals surface area contributed by atoms with Crippen molar-refractivity contribution < 1.29 is 31.1 Å². The van der Waals surface area contributed by atoms with Gasteiger partial charge < -0.3 is 4.74 Å². The maximum Gasteiger partial charge on any atom is 0.573 e. The van der Waals surface area contributed by atoms with Crippen LogP contribution in [0.3, 0.4) is 0 Å². The number of halogens is 6. The SMILES string of the molecule is C=Nc1nc(C)c(C(F)(F)F)n1/C=C(\C)c1ccc(OC(F)(F)F)cc1. The molecular formula is C16H13F6N3O. The molecule has 26 heavy (non-hydrogen) atoms. The van der Waals surface area contributed by atoms with Gasteiger partial charge in [0.15, 0.2) is 5.69 Å². The molecule has 0 amide bonds. The van der Waals surface area contributed by atoms with Gasteiger partial charge in [0.2, 0.25) is 5.95 Å². The van der Waals surface area contributed by atoms with Crippen LogP contribution < -0.4 is 4.74 Å². The third-order valence-electron chi connectivity index (χ3n) is 3.34.